The summed E-state index contributed by atoms with van der Waals surface area (Å²) in [5, 5.41) is 17.4. The molecule has 0 spiro atoms. The van der Waals surface area contributed by atoms with Gasteiger partial charge in [0.2, 0.25) is 5.82 Å². The predicted molar refractivity (Wildman–Crippen MR) is 109 cm³/mol. The minimum absolute atomic E-state index is 0.205. The van der Waals surface area contributed by atoms with Crippen molar-refractivity contribution in [1.82, 2.24) is 30.1 Å². The van der Waals surface area contributed by atoms with Gasteiger partial charge in [-0.3, -0.25) is 5.10 Å². The first-order valence-electron chi connectivity index (χ1n) is 9.94. The zero-order valence-electron chi connectivity index (χ0n) is 16.7. The van der Waals surface area contributed by atoms with Crippen LogP contribution < -0.4 is 10.6 Å². The molecule has 1 aliphatic carbocycles. The number of nitrogens with zero attached hydrogens (tertiary/aromatic N) is 4. The Labute approximate surface area is 175 Å². The van der Waals surface area contributed by atoms with Crippen molar-refractivity contribution in [2.75, 3.05) is 5.32 Å². The highest BCUT2D eigenvalue weighted by molar-refractivity contribution is 5.73. The molecule has 10 heteroatoms. The number of hydrogen-bond donors (Lipinski definition) is 3. The van der Waals surface area contributed by atoms with Gasteiger partial charge in [-0.05, 0) is 55.7 Å². The van der Waals surface area contributed by atoms with Crippen LogP contribution in [0.15, 0.2) is 42.6 Å². The van der Waals surface area contributed by atoms with Gasteiger partial charge < -0.3 is 10.6 Å². The van der Waals surface area contributed by atoms with Crippen molar-refractivity contribution in [3.05, 3.63) is 71.1 Å². The van der Waals surface area contributed by atoms with Crippen molar-refractivity contribution in [1.29, 1.82) is 0 Å². The minimum atomic E-state index is -3.52. The number of halogens is 3. The van der Waals surface area contributed by atoms with E-state index in [1.54, 1.807) is 12.3 Å². The van der Waals surface area contributed by atoms with E-state index in [9.17, 15) is 4.39 Å². The van der Waals surface area contributed by atoms with Crippen LogP contribution in [0.3, 0.4) is 0 Å². The number of nitrogens with one attached hydrogen (secondary N) is 3. The Kier molecular flexibility index (Phi) is 4.66. The molecular weight excluding hydrogens is 407 g/mol. The van der Waals surface area contributed by atoms with E-state index in [4.69, 9.17) is 0 Å². The van der Waals surface area contributed by atoms with E-state index in [2.05, 4.69) is 30.9 Å². The fourth-order valence-electron chi connectivity index (χ4n) is 3.32. The van der Waals surface area contributed by atoms with Gasteiger partial charge in [0.1, 0.15) is 11.3 Å². The first-order chi connectivity index (χ1) is 14.9. The smallest absolute Gasteiger partial charge is 0.322 e. The fraction of sp³-hybridized carbons (Fsp3) is 0.286. The lowest BCUT2D eigenvalue weighted by Crippen LogP contribution is -2.21. The first-order valence-corrected chi connectivity index (χ1v) is 9.94. The molecule has 0 unspecified atom stereocenters. The Balaban J connectivity index is 1.57. The van der Waals surface area contributed by atoms with Crippen LogP contribution in [-0.2, 0) is 12.5 Å². The molecule has 3 heterocycles. The molecule has 1 aliphatic rings. The van der Waals surface area contributed by atoms with E-state index in [0.717, 1.165) is 48.4 Å². The standard InChI is InChI=1S/C21H20F3N7/c1-12-8-18(29-28-12)26-19-17-9-13(10-25-16-6-7-16)11-31(17)30-20(27-19)21(23,24)14-2-4-15(22)5-3-14/h2-5,8-9,11,16,25H,6-7,10H2,1H3,(H2,26,27,28,29,30). The minimum Gasteiger partial charge on any atom is -0.322 e. The average molecular weight is 427 g/mol. The lowest BCUT2D eigenvalue weighted by atomic mass is 10.1. The maximum Gasteiger partial charge on any atom is 0.333 e. The number of fused-ring (bicyclic) bond motifs is 1. The van der Waals surface area contributed by atoms with Crippen LogP contribution in [-0.4, -0.2) is 30.8 Å². The molecule has 5 rings (SSSR count). The summed E-state index contributed by atoms with van der Waals surface area (Å²) in [5.41, 5.74) is 1.88. The average Bonchev–Trinajstić information content (AvgIpc) is 3.34. The summed E-state index contributed by atoms with van der Waals surface area (Å²) in [5.74, 6) is -4.15. The van der Waals surface area contributed by atoms with Gasteiger partial charge in [0.25, 0.3) is 0 Å². The molecule has 0 aliphatic heterocycles. The molecule has 31 heavy (non-hydrogen) atoms. The number of aromatic nitrogens is 5. The number of H-pyrrole nitrogens is 1. The summed E-state index contributed by atoms with van der Waals surface area (Å²) in [6.07, 6.45) is 4.00. The van der Waals surface area contributed by atoms with E-state index < -0.39 is 23.1 Å². The van der Waals surface area contributed by atoms with Crippen LogP contribution in [0.1, 0.15) is 35.5 Å². The fourth-order valence-corrected chi connectivity index (χ4v) is 3.32. The molecule has 0 radical (unpaired) electrons. The number of aryl methyl sites for hydroxylation is 1. The Hall–Kier alpha value is -3.40. The van der Waals surface area contributed by atoms with E-state index >= 15 is 8.78 Å². The lowest BCUT2D eigenvalue weighted by Gasteiger charge is -2.16. The van der Waals surface area contributed by atoms with E-state index in [1.807, 2.05) is 13.0 Å². The molecule has 0 amide bonds. The summed E-state index contributed by atoms with van der Waals surface area (Å²) in [6.45, 7) is 2.44. The van der Waals surface area contributed by atoms with Crippen LogP contribution >= 0.6 is 0 Å². The van der Waals surface area contributed by atoms with Crippen LogP contribution in [0, 0.1) is 12.7 Å². The molecular formula is C21H20F3N7. The molecule has 4 aromatic rings. The highest BCUT2D eigenvalue weighted by atomic mass is 19.3. The molecule has 0 saturated heterocycles. The molecule has 1 saturated carbocycles. The molecule has 160 valence electrons. The van der Waals surface area contributed by atoms with Crippen LogP contribution in [0.25, 0.3) is 5.52 Å². The summed E-state index contributed by atoms with van der Waals surface area (Å²) in [7, 11) is 0. The number of hydrogen-bond acceptors (Lipinski definition) is 5. The first kappa shape index (κ1) is 19.6. The third-order valence-electron chi connectivity index (χ3n) is 5.13. The number of rotatable bonds is 7. The second-order valence-electron chi connectivity index (χ2n) is 7.76. The second kappa shape index (κ2) is 7.38. The molecule has 0 bridgehead atoms. The zero-order valence-corrected chi connectivity index (χ0v) is 16.7. The van der Waals surface area contributed by atoms with Crippen molar-refractivity contribution in [2.24, 2.45) is 0 Å². The van der Waals surface area contributed by atoms with Crippen molar-refractivity contribution in [2.45, 2.75) is 38.3 Å². The van der Waals surface area contributed by atoms with Crippen molar-refractivity contribution in [3.63, 3.8) is 0 Å². The highest BCUT2D eigenvalue weighted by Gasteiger charge is 2.39. The Morgan fingerprint density at radius 1 is 1.19 bits per heavy atom. The lowest BCUT2D eigenvalue weighted by molar-refractivity contribution is 0.0315. The van der Waals surface area contributed by atoms with Crippen LogP contribution in [0.4, 0.5) is 24.8 Å². The van der Waals surface area contributed by atoms with Gasteiger partial charge >= 0.3 is 5.92 Å². The second-order valence-corrected chi connectivity index (χ2v) is 7.76. The van der Waals surface area contributed by atoms with Gasteiger partial charge in [0, 0.05) is 36.1 Å². The monoisotopic (exact) mass is 427 g/mol. The quantitative estimate of drug-likeness (QED) is 0.415. The predicted octanol–water partition coefficient (Wildman–Crippen LogP) is 4.04. The molecule has 1 fully saturated rings. The van der Waals surface area contributed by atoms with Crippen LogP contribution in [0.5, 0.6) is 0 Å². The summed E-state index contributed by atoms with van der Waals surface area (Å²) < 4.78 is 45.1. The summed E-state index contributed by atoms with van der Waals surface area (Å²) >= 11 is 0. The zero-order chi connectivity index (χ0) is 21.6. The number of aromatic amines is 1. The van der Waals surface area contributed by atoms with E-state index in [-0.39, 0.29) is 5.82 Å². The SMILES string of the molecule is Cc1cc(Nc2nc(C(F)(F)c3ccc(F)cc3)nn3cc(CNC4CC4)cc23)n[nH]1. The molecule has 3 N–H and O–H groups in total. The number of alkyl halides is 2. The Bertz CT molecular complexity index is 1230. The Morgan fingerprint density at radius 2 is 1.97 bits per heavy atom. The van der Waals surface area contributed by atoms with Crippen molar-refractivity contribution >= 4 is 17.2 Å². The van der Waals surface area contributed by atoms with E-state index in [0.29, 0.717) is 23.9 Å². The maximum atomic E-state index is 15.2. The maximum absolute atomic E-state index is 15.2. The van der Waals surface area contributed by atoms with Gasteiger partial charge in [-0.2, -0.15) is 13.9 Å². The van der Waals surface area contributed by atoms with Crippen molar-refractivity contribution < 1.29 is 13.2 Å². The topological polar surface area (TPSA) is 82.9 Å². The van der Waals surface area contributed by atoms with Gasteiger partial charge in [0.05, 0.1) is 0 Å². The van der Waals surface area contributed by atoms with Crippen LogP contribution in [0.2, 0.25) is 0 Å². The van der Waals surface area contributed by atoms with Gasteiger partial charge in [-0.15, -0.1) is 5.10 Å². The van der Waals surface area contributed by atoms with Gasteiger partial charge in [0.15, 0.2) is 11.6 Å². The number of benzene rings is 1. The molecule has 1 aromatic carbocycles. The van der Waals surface area contributed by atoms with Gasteiger partial charge in [-0.1, -0.05) is 0 Å². The number of anilines is 2. The Morgan fingerprint density at radius 3 is 2.65 bits per heavy atom. The summed E-state index contributed by atoms with van der Waals surface area (Å²) in [6, 6.07) is 8.17. The molecule has 7 nitrogen and oxygen atoms in total. The van der Waals surface area contributed by atoms with E-state index in [1.165, 1.54) is 4.52 Å². The molecule has 3 aromatic heterocycles. The normalized spacial score (nSPS) is 14.3. The summed E-state index contributed by atoms with van der Waals surface area (Å²) in [4.78, 5) is 4.14. The largest absolute Gasteiger partial charge is 0.333 e. The molecule has 0 atom stereocenters. The highest BCUT2D eigenvalue weighted by Crippen LogP contribution is 2.35. The third kappa shape index (κ3) is 3.98. The third-order valence-corrected chi connectivity index (χ3v) is 5.13. The van der Waals surface area contributed by atoms with Gasteiger partial charge in [-0.25, -0.2) is 13.9 Å². The van der Waals surface area contributed by atoms with Crippen molar-refractivity contribution in [3.8, 4) is 0 Å².